The van der Waals surface area contributed by atoms with Crippen LogP contribution in [0.15, 0.2) is 29.5 Å². The molecule has 1 unspecified atom stereocenters. The summed E-state index contributed by atoms with van der Waals surface area (Å²) in [6.07, 6.45) is 2.54. The predicted molar refractivity (Wildman–Crippen MR) is 103 cm³/mol. The number of halogens is 1. The minimum absolute atomic E-state index is 0.282. The van der Waals surface area contributed by atoms with Crippen LogP contribution in [0.1, 0.15) is 12.2 Å². The molecule has 3 rings (SSSR count). The van der Waals surface area contributed by atoms with Crippen molar-refractivity contribution in [3.63, 3.8) is 0 Å². The number of hydrogen-bond donors (Lipinski definition) is 2. The van der Waals surface area contributed by atoms with E-state index in [2.05, 4.69) is 30.6 Å². The molecule has 1 fully saturated rings. The monoisotopic (exact) mass is 377 g/mol. The molecule has 0 spiro atoms. The third-order valence-electron chi connectivity index (χ3n) is 4.45. The second kappa shape index (κ2) is 8.27. The van der Waals surface area contributed by atoms with Gasteiger partial charge in [-0.3, -0.25) is 9.67 Å². The first-order valence-electron chi connectivity index (χ1n) is 8.49. The highest BCUT2D eigenvalue weighted by atomic mass is 35.5. The van der Waals surface area contributed by atoms with Crippen molar-refractivity contribution in [1.29, 1.82) is 0 Å². The van der Waals surface area contributed by atoms with Crippen LogP contribution < -0.4 is 20.3 Å². The fraction of sp³-hybridized carbons (Fsp3) is 0.471. The van der Waals surface area contributed by atoms with Crippen LogP contribution in [-0.2, 0) is 13.6 Å². The van der Waals surface area contributed by atoms with Gasteiger partial charge in [0, 0.05) is 38.2 Å². The molecule has 2 N–H and O–H groups in total. The Bertz CT molecular complexity index is 776. The van der Waals surface area contributed by atoms with Gasteiger partial charge in [-0.2, -0.15) is 5.10 Å². The van der Waals surface area contributed by atoms with E-state index in [1.807, 2.05) is 25.2 Å². The summed E-state index contributed by atoms with van der Waals surface area (Å²) in [4.78, 5) is 10.8. The van der Waals surface area contributed by atoms with E-state index in [4.69, 9.17) is 16.3 Å². The van der Waals surface area contributed by atoms with Crippen LogP contribution in [-0.4, -0.2) is 54.0 Å². The van der Waals surface area contributed by atoms with Gasteiger partial charge in [0.15, 0.2) is 5.96 Å². The average molecular weight is 378 g/mol. The van der Waals surface area contributed by atoms with Crippen molar-refractivity contribution in [3.8, 4) is 5.75 Å². The standard InChI is InChI=1S/C17H24ClN7O/c1-19-17(20-9-16-21-11-22-24(16)2)23-13-6-7-25(10-13)14-8-12(18)4-5-15(14)26-3/h4-5,8,11,13H,6-7,9-10H2,1-3H3,(H2,19,20,23). The van der Waals surface area contributed by atoms with Gasteiger partial charge in [-0.1, -0.05) is 11.6 Å². The number of aliphatic imine (C=N–C) groups is 1. The van der Waals surface area contributed by atoms with Gasteiger partial charge in [0.05, 0.1) is 19.3 Å². The molecule has 9 heteroatoms. The molecule has 0 saturated carbocycles. The van der Waals surface area contributed by atoms with Crippen molar-refractivity contribution in [3.05, 3.63) is 35.4 Å². The van der Waals surface area contributed by atoms with Crippen molar-refractivity contribution in [2.75, 3.05) is 32.1 Å². The van der Waals surface area contributed by atoms with Crippen molar-refractivity contribution in [2.45, 2.75) is 19.0 Å². The Balaban J connectivity index is 1.58. The van der Waals surface area contributed by atoms with Gasteiger partial charge in [0.25, 0.3) is 0 Å². The summed E-state index contributed by atoms with van der Waals surface area (Å²) in [5.74, 6) is 2.43. The number of benzene rings is 1. The van der Waals surface area contributed by atoms with Gasteiger partial charge in [0.1, 0.15) is 17.9 Å². The van der Waals surface area contributed by atoms with Crippen LogP contribution in [0.2, 0.25) is 5.02 Å². The van der Waals surface area contributed by atoms with Gasteiger partial charge < -0.3 is 20.3 Å². The van der Waals surface area contributed by atoms with E-state index >= 15 is 0 Å². The molecule has 0 aliphatic carbocycles. The summed E-state index contributed by atoms with van der Waals surface area (Å²) < 4.78 is 7.21. The lowest BCUT2D eigenvalue weighted by Gasteiger charge is -2.22. The molecule has 0 amide bonds. The number of hydrogen-bond acceptors (Lipinski definition) is 5. The molecule has 8 nitrogen and oxygen atoms in total. The zero-order valence-electron chi connectivity index (χ0n) is 15.2. The molecule has 2 aromatic rings. The van der Waals surface area contributed by atoms with E-state index in [0.29, 0.717) is 11.6 Å². The van der Waals surface area contributed by atoms with Crippen LogP contribution in [0, 0.1) is 0 Å². The fourth-order valence-corrected chi connectivity index (χ4v) is 3.20. The Labute approximate surface area is 158 Å². The molecule has 140 valence electrons. The Morgan fingerprint density at radius 1 is 1.46 bits per heavy atom. The van der Waals surface area contributed by atoms with E-state index in [1.54, 1.807) is 25.2 Å². The highest BCUT2D eigenvalue weighted by Gasteiger charge is 2.25. The highest BCUT2D eigenvalue weighted by Crippen LogP contribution is 2.33. The summed E-state index contributed by atoms with van der Waals surface area (Å²) in [7, 11) is 5.31. The van der Waals surface area contributed by atoms with Gasteiger partial charge in [-0.05, 0) is 24.6 Å². The number of aryl methyl sites for hydroxylation is 1. The molecule has 1 aromatic heterocycles. The first-order valence-corrected chi connectivity index (χ1v) is 8.87. The van der Waals surface area contributed by atoms with E-state index in [1.165, 1.54) is 0 Å². The first kappa shape index (κ1) is 18.3. The van der Waals surface area contributed by atoms with E-state index < -0.39 is 0 Å². The smallest absolute Gasteiger partial charge is 0.191 e. The molecule has 26 heavy (non-hydrogen) atoms. The Kier molecular flexibility index (Phi) is 5.82. The summed E-state index contributed by atoms with van der Waals surface area (Å²) in [5, 5.41) is 11.5. The van der Waals surface area contributed by atoms with E-state index in [0.717, 1.165) is 42.7 Å². The normalized spacial score (nSPS) is 17.5. The van der Waals surface area contributed by atoms with Gasteiger partial charge in [-0.25, -0.2) is 4.98 Å². The number of ether oxygens (including phenoxy) is 1. The number of nitrogens with one attached hydrogen (secondary N) is 2. The lowest BCUT2D eigenvalue weighted by atomic mass is 10.2. The maximum absolute atomic E-state index is 6.16. The molecular formula is C17H24ClN7O. The molecule has 1 atom stereocenters. The van der Waals surface area contributed by atoms with Gasteiger partial charge in [0.2, 0.25) is 0 Å². The Hall–Kier alpha value is -2.48. The molecule has 2 heterocycles. The molecule has 1 aromatic carbocycles. The molecule has 1 aliphatic rings. The molecule has 1 saturated heterocycles. The van der Waals surface area contributed by atoms with Gasteiger partial charge >= 0.3 is 0 Å². The first-order chi connectivity index (χ1) is 12.6. The highest BCUT2D eigenvalue weighted by molar-refractivity contribution is 6.30. The number of methoxy groups -OCH3 is 1. The summed E-state index contributed by atoms with van der Waals surface area (Å²) in [6, 6.07) is 5.97. The Morgan fingerprint density at radius 3 is 3.00 bits per heavy atom. The second-order valence-electron chi connectivity index (χ2n) is 6.12. The molecule has 1 aliphatic heterocycles. The van der Waals surface area contributed by atoms with Crippen molar-refractivity contribution in [2.24, 2.45) is 12.0 Å². The SMILES string of the molecule is CN=C(NCc1ncnn1C)NC1CCN(c2cc(Cl)ccc2OC)C1. The minimum Gasteiger partial charge on any atom is -0.495 e. The average Bonchev–Trinajstić information content (AvgIpc) is 3.27. The van der Waals surface area contributed by atoms with Crippen molar-refractivity contribution >= 4 is 23.2 Å². The number of anilines is 1. The summed E-state index contributed by atoms with van der Waals surface area (Å²) in [5.41, 5.74) is 1.02. The largest absolute Gasteiger partial charge is 0.495 e. The maximum Gasteiger partial charge on any atom is 0.191 e. The molecule has 0 radical (unpaired) electrons. The topological polar surface area (TPSA) is 79.6 Å². The molecule has 0 bridgehead atoms. The zero-order valence-corrected chi connectivity index (χ0v) is 16.0. The van der Waals surface area contributed by atoms with Crippen LogP contribution in [0.3, 0.4) is 0 Å². The molecular weight excluding hydrogens is 354 g/mol. The number of aromatic nitrogens is 3. The maximum atomic E-state index is 6.16. The van der Waals surface area contributed by atoms with Crippen LogP contribution in [0.5, 0.6) is 5.75 Å². The number of nitrogens with zero attached hydrogens (tertiary/aromatic N) is 5. The van der Waals surface area contributed by atoms with E-state index in [9.17, 15) is 0 Å². The number of guanidine groups is 1. The quantitative estimate of drug-likeness (QED) is 0.606. The Morgan fingerprint density at radius 2 is 2.31 bits per heavy atom. The third kappa shape index (κ3) is 4.19. The van der Waals surface area contributed by atoms with Crippen LogP contribution in [0.4, 0.5) is 5.69 Å². The second-order valence-corrected chi connectivity index (χ2v) is 6.55. The third-order valence-corrected chi connectivity index (χ3v) is 4.69. The number of rotatable bonds is 5. The van der Waals surface area contributed by atoms with Crippen LogP contribution >= 0.6 is 11.6 Å². The van der Waals surface area contributed by atoms with Crippen molar-refractivity contribution < 1.29 is 4.74 Å². The van der Waals surface area contributed by atoms with Crippen molar-refractivity contribution in [1.82, 2.24) is 25.4 Å². The van der Waals surface area contributed by atoms with E-state index in [-0.39, 0.29) is 6.04 Å². The fourth-order valence-electron chi connectivity index (χ4n) is 3.04. The predicted octanol–water partition coefficient (Wildman–Crippen LogP) is 1.42. The van der Waals surface area contributed by atoms with Crippen LogP contribution in [0.25, 0.3) is 0 Å². The zero-order chi connectivity index (χ0) is 18.5. The summed E-state index contributed by atoms with van der Waals surface area (Å²) in [6.45, 7) is 2.34. The lowest BCUT2D eigenvalue weighted by molar-refractivity contribution is 0.415. The lowest BCUT2D eigenvalue weighted by Crippen LogP contribution is -2.44. The van der Waals surface area contributed by atoms with Gasteiger partial charge in [-0.15, -0.1) is 0 Å². The minimum atomic E-state index is 0.282. The summed E-state index contributed by atoms with van der Waals surface area (Å²) >= 11 is 6.16.